The zero-order valence-corrected chi connectivity index (χ0v) is 13.2. The highest BCUT2D eigenvalue weighted by atomic mass is 79.9. The van der Waals surface area contributed by atoms with Crippen LogP contribution in [-0.2, 0) is 0 Å². The van der Waals surface area contributed by atoms with Crippen LogP contribution in [0, 0.1) is 5.41 Å². The van der Waals surface area contributed by atoms with Gasteiger partial charge in [-0.25, -0.2) is 0 Å². The molecule has 3 nitrogen and oxygen atoms in total. The van der Waals surface area contributed by atoms with Gasteiger partial charge in [0, 0.05) is 22.8 Å². The zero-order valence-electron chi connectivity index (χ0n) is 11.6. The van der Waals surface area contributed by atoms with Crippen LogP contribution >= 0.6 is 15.9 Å². The second-order valence-electron chi connectivity index (χ2n) is 6.76. The molecule has 1 N–H and O–H groups in total. The molecule has 2 aliphatic carbocycles. The van der Waals surface area contributed by atoms with Crippen molar-refractivity contribution in [3.63, 3.8) is 0 Å². The number of halogens is 1. The number of hydrogen-bond acceptors (Lipinski definition) is 1. The Kier molecular flexibility index (Phi) is 3.24. The number of rotatable bonds is 3. The molecule has 2 saturated carbocycles. The van der Waals surface area contributed by atoms with E-state index in [0.717, 1.165) is 23.0 Å². The van der Waals surface area contributed by atoms with Crippen molar-refractivity contribution in [2.45, 2.75) is 58.0 Å². The van der Waals surface area contributed by atoms with E-state index in [0.29, 0.717) is 17.5 Å². The Morgan fingerprint density at radius 3 is 2.74 bits per heavy atom. The normalized spacial score (nSPS) is 25.5. The summed E-state index contributed by atoms with van der Waals surface area (Å²) in [4.78, 5) is 12.4. The van der Waals surface area contributed by atoms with E-state index in [1.807, 2.05) is 12.3 Å². The maximum absolute atomic E-state index is 12.4. The Bertz CT molecular complexity index is 502. The van der Waals surface area contributed by atoms with Gasteiger partial charge in [0.05, 0.1) is 0 Å². The SMILES string of the molecule is CC1(C)CCC(NC(=O)c2cc(Br)cn2C2CC2)C1. The van der Waals surface area contributed by atoms with Gasteiger partial charge in [-0.2, -0.15) is 0 Å². The van der Waals surface area contributed by atoms with Crippen LogP contribution in [0.3, 0.4) is 0 Å². The molecule has 0 spiro atoms. The van der Waals surface area contributed by atoms with Gasteiger partial charge in [-0.1, -0.05) is 13.8 Å². The first-order valence-corrected chi connectivity index (χ1v) is 7.92. The van der Waals surface area contributed by atoms with Gasteiger partial charge in [0.15, 0.2) is 0 Å². The third kappa shape index (κ3) is 2.88. The summed E-state index contributed by atoms with van der Waals surface area (Å²) in [5.41, 5.74) is 1.18. The molecule has 104 valence electrons. The minimum Gasteiger partial charge on any atom is -0.348 e. The number of nitrogens with one attached hydrogen (secondary N) is 1. The molecule has 19 heavy (non-hydrogen) atoms. The van der Waals surface area contributed by atoms with E-state index in [9.17, 15) is 4.79 Å². The van der Waals surface area contributed by atoms with Crippen molar-refractivity contribution >= 4 is 21.8 Å². The van der Waals surface area contributed by atoms with Crippen molar-refractivity contribution in [1.82, 2.24) is 9.88 Å². The molecule has 2 fully saturated rings. The van der Waals surface area contributed by atoms with Crippen LogP contribution in [0.25, 0.3) is 0 Å². The van der Waals surface area contributed by atoms with Crippen molar-refractivity contribution in [2.75, 3.05) is 0 Å². The summed E-state index contributed by atoms with van der Waals surface area (Å²) >= 11 is 3.48. The topological polar surface area (TPSA) is 34.0 Å². The summed E-state index contributed by atoms with van der Waals surface area (Å²) in [5.74, 6) is 0.0836. The van der Waals surface area contributed by atoms with Crippen molar-refractivity contribution in [3.8, 4) is 0 Å². The second kappa shape index (κ2) is 4.65. The van der Waals surface area contributed by atoms with Gasteiger partial charge in [0.1, 0.15) is 5.69 Å². The summed E-state index contributed by atoms with van der Waals surface area (Å²) < 4.78 is 3.12. The molecule has 1 aromatic heterocycles. The first kappa shape index (κ1) is 13.2. The third-order valence-electron chi connectivity index (χ3n) is 4.29. The molecule has 0 aromatic carbocycles. The molecule has 1 unspecified atom stereocenters. The lowest BCUT2D eigenvalue weighted by molar-refractivity contribution is 0.0926. The maximum atomic E-state index is 12.4. The van der Waals surface area contributed by atoms with Gasteiger partial charge in [-0.05, 0) is 59.5 Å². The van der Waals surface area contributed by atoms with Gasteiger partial charge < -0.3 is 9.88 Å². The molecule has 1 aromatic rings. The predicted molar refractivity (Wildman–Crippen MR) is 79.3 cm³/mol. The summed E-state index contributed by atoms with van der Waals surface area (Å²) in [6.45, 7) is 4.56. The number of carbonyl (C=O) groups is 1. The van der Waals surface area contributed by atoms with Crippen molar-refractivity contribution in [1.29, 1.82) is 0 Å². The van der Waals surface area contributed by atoms with Gasteiger partial charge in [-0.3, -0.25) is 4.79 Å². The van der Waals surface area contributed by atoms with Gasteiger partial charge in [0.25, 0.3) is 5.91 Å². The van der Waals surface area contributed by atoms with Crippen LogP contribution in [0.4, 0.5) is 0 Å². The van der Waals surface area contributed by atoms with Crippen LogP contribution in [0.1, 0.15) is 62.5 Å². The van der Waals surface area contributed by atoms with Crippen LogP contribution < -0.4 is 5.32 Å². The Labute approximate surface area is 122 Å². The molecule has 0 bridgehead atoms. The van der Waals surface area contributed by atoms with Crippen molar-refractivity contribution in [2.24, 2.45) is 5.41 Å². The fourth-order valence-electron chi connectivity index (χ4n) is 3.10. The third-order valence-corrected chi connectivity index (χ3v) is 4.73. The summed E-state index contributed by atoms with van der Waals surface area (Å²) in [7, 11) is 0. The average molecular weight is 325 g/mol. The highest BCUT2D eigenvalue weighted by molar-refractivity contribution is 9.10. The molecule has 0 radical (unpaired) electrons. The lowest BCUT2D eigenvalue weighted by Crippen LogP contribution is -2.34. The Balaban J connectivity index is 1.70. The smallest absolute Gasteiger partial charge is 0.268 e. The molecule has 1 heterocycles. The zero-order chi connectivity index (χ0) is 13.6. The fraction of sp³-hybridized carbons (Fsp3) is 0.667. The molecule has 2 aliphatic rings. The standard InChI is InChI=1S/C15H21BrN2O/c1-15(2)6-5-11(8-15)17-14(19)13-7-10(16)9-18(13)12-3-4-12/h7,9,11-12H,3-6,8H2,1-2H3,(H,17,19). The highest BCUT2D eigenvalue weighted by Crippen LogP contribution is 2.39. The molecular weight excluding hydrogens is 304 g/mol. The number of amides is 1. The molecule has 3 rings (SSSR count). The number of carbonyl (C=O) groups excluding carboxylic acids is 1. The minimum absolute atomic E-state index is 0.0836. The number of hydrogen-bond donors (Lipinski definition) is 1. The van der Waals surface area contributed by atoms with Crippen LogP contribution in [0.5, 0.6) is 0 Å². The van der Waals surface area contributed by atoms with Gasteiger partial charge >= 0.3 is 0 Å². The van der Waals surface area contributed by atoms with Crippen molar-refractivity contribution in [3.05, 3.63) is 22.4 Å². The number of nitrogens with zero attached hydrogens (tertiary/aromatic N) is 1. The largest absolute Gasteiger partial charge is 0.348 e. The highest BCUT2D eigenvalue weighted by Gasteiger charge is 2.33. The lowest BCUT2D eigenvalue weighted by Gasteiger charge is -2.18. The van der Waals surface area contributed by atoms with Crippen LogP contribution in [0.15, 0.2) is 16.7 Å². The van der Waals surface area contributed by atoms with E-state index in [1.165, 1.54) is 19.3 Å². The van der Waals surface area contributed by atoms with E-state index < -0.39 is 0 Å². The first-order chi connectivity index (χ1) is 8.94. The first-order valence-electron chi connectivity index (χ1n) is 7.13. The second-order valence-corrected chi connectivity index (χ2v) is 7.68. The predicted octanol–water partition coefficient (Wildman–Crippen LogP) is 3.89. The summed E-state index contributed by atoms with van der Waals surface area (Å²) in [6.07, 6.45) is 7.81. The van der Waals surface area contributed by atoms with E-state index in [4.69, 9.17) is 0 Å². The Morgan fingerprint density at radius 1 is 1.42 bits per heavy atom. The molecule has 1 atom stereocenters. The quantitative estimate of drug-likeness (QED) is 0.899. The van der Waals surface area contributed by atoms with Gasteiger partial charge in [0.2, 0.25) is 0 Å². The van der Waals surface area contributed by atoms with E-state index in [1.54, 1.807) is 0 Å². The number of aromatic nitrogens is 1. The molecular formula is C15H21BrN2O. The average Bonchev–Trinajstić information content (AvgIpc) is 3.01. The Hall–Kier alpha value is -0.770. The maximum Gasteiger partial charge on any atom is 0.268 e. The van der Waals surface area contributed by atoms with Crippen LogP contribution in [-0.4, -0.2) is 16.5 Å². The minimum atomic E-state index is 0.0836. The monoisotopic (exact) mass is 324 g/mol. The summed E-state index contributed by atoms with van der Waals surface area (Å²) in [5, 5.41) is 3.21. The van der Waals surface area contributed by atoms with Crippen molar-refractivity contribution < 1.29 is 4.79 Å². The van der Waals surface area contributed by atoms with Gasteiger partial charge in [-0.15, -0.1) is 0 Å². The molecule has 0 aliphatic heterocycles. The fourth-order valence-corrected chi connectivity index (χ4v) is 3.54. The molecule has 1 amide bonds. The van der Waals surface area contributed by atoms with Crippen LogP contribution in [0.2, 0.25) is 0 Å². The molecule has 0 saturated heterocycles. The summed E-state index contributed by atoms with van der Waals surface area (Å²) in [6, 6.07) is 2.81. The molecule has 4 heteroatoms. The van der Waals surface area contributed by atoms with E-state index in [2.05, 4.69) is 39.7 Å². The van der Waals surface area contributed by atoms with E-state index >= 15 is 0 Å². The van der Waals surface area contributed by atoms with E-state index in [-0.39, 0.29) is 5.91 Å². The lowest BCUT2D eigenvalue weighted by atomic mass is 9.92. The Morgan fingerprint density at radius 2 is 2.16 bits per heavy atom.